The largest absolute Gasteiger partial charge is 0.459 e. The molecule has 0 bridgehead atoms. The maximum Gasteiger partial charge on any atom is 0.336 e. The van der Waals surface area contributed by atoms with Crippen LogP contribution in [0.3, 0.4) is 0 Å². The lowest BCUT2D eigenvalue weighted by Crippen LogP contribution is -2.36. The number of thiophene rings is 1. The van der Waals surface area contributed by atoms with Gasteiger partial charge in [0.15, 0.2) is 5.78 Å². The number of nitrogens with one attached hydrogen (secondary N) is 1. The predicted molar refractivity (Wildman–Crippen MR) is 123 cm³/mol. The van der Waals surface area contributed by atoms with Crippen LogP contribution < -0.4 is 5.32 Å². The monoisotopic (exact) mass is 485 g/mol. The average Bonchev–Trinajstić information content (AvgIpc) is 3.52. The van der Waals surface area contributed by atoms with Gasteiger partial charge in [0.25, 0.3) is 0 Å². The summed E-state index contributed by atoms with van der Waals surface area (Å²) in [5.41, 5.74) is 1.53. The van der Waals surface area contributed by atoms with Crippen molar-refractivity contribution in [1.82, 2.24) is 5.32 Å². The summed E-state index contributed by atoms with van der Waals surface area (Å²) in [7, 11) is 0. The molecule has 0 spiro atoms. The van der Waals surface area contributed by atoms with Gasteiger partial charge in [-0.25, -0.2) is 13.6 Å². The van der Waals surface area contributed by atoms with E-state index in [0.29, 0.717) is 30.0 Å². The SMILES string of the molecule is CC1=C(C(=O)OCC2CCCO2)C(c2cc(F)ccc2F)C2=C(CC(c3cccs3)CC2=O)N1. The molecule has 8 heteroatoms. The molecule has 178 valence electrons. The molecule has 5 rings (SSSR count). The lowest BCUT2D eigenvalue weighted by atomic mass is 9.72. The van der Waals surface area contributed by atoms with Gasteiger partial charge in [0.2, 0.25) is 0 Å². The van der Waals surface area contributed by atoms with Crippen LogP contribution in [-0.2, 0) is 19.1 Å². The van der Waals surface area contributed by atoms with Crippen molar-refractivity contribution >= 4 is 23.1 Å². The number of esters is 1. The summed E-state index contributed by atoms with van der Waals surface area (Å²) in [5.74, 6) is -3.20. The molecule has 2 aliphatic heterocycles. The molecule has 1 aromatic heterocycles. The molecule has 3 heterocycles. The minimum absolute atomic E-state index is 0.00225. The van der Waals surface area contributed by atoms with Crippen molar-refractivity contribution in [3.8, 4) is 0 Å². The van der Waals surface area contributed by atoms with E-state index in [1.807, 2.05) is 17.5 Å². The number of halogens is 2. The fourth-order valence-electron chi connectivity index (χ4n) is 5.10. The van der Waals surface area contributed by atoms with E-state index >= 15 is 4.39 Å². The highest BCUT2D eigenvalue weighted by molar-refractivity contribution is 7.10. The Morgan fingerprint density at radius 3 is 2.85 bits per heavy atom. The summed E-state index contributed by atoms with van der Waals surface area (Å²) in [6.45, 7) is 2.41. The summed E-state index contributed by atoms with van der Waals surface area (Å²) in [4.78, 5) is 27.8. The third-order valence-corrected chi connectivity index (χ3v) is 7.72. The number of benzene rings is 1. The zero-order valence-corrected chi connectivity index (χ0v) is 19.6. The smallest absolute Gasteiger partial charge is 0.336 e. The topological polar surface area (TPSA) is 64.6 Å². The van der Waals surface area contributed by atoms with E-state index < -0.39 is 23.5 Å². The second kappa shape index (κ2) is 9.43. The van der Waals surface area contributed by atoms with E-state index in [2.05, 4.69) is 5.32 Å². The fourth-order valence-corrected chi connectivity index (χ4v) is 5.93. The molecule has 1 fully saturated rings. The van der Waals surface area contributed by atoms with Crippen LogP contribution in [0, 0.1) is 11.6 Å². The van der Waals surface area contributed by atoms with E-state index in [0.717, 1.165) is 35.9 Å². The molecule has 1 aliphatic carbocycles. The second-order valence-corrected chi connectivity index (χ2v) is 9.91. The molecule has 3 unspecified atom stereocenters. The molecule has 1 N–H and O–H groups in total. The average molecular weight is 486 g/mol. The van der Waals surface area contributed by atoms with Crippen LogP contribution in [0.5, 0.6) is 0 Å². The van der Waals surface area contributed by atoms with Crippen molar-refractivity contribution < 1.29 is 27.8 Å². The maximum absolute atomic E-state index is 15.0. The molecule has 0 amide bonds. The van der Waals surface area contributed by atoms with Gasteiger partial charge in [-0.1, -0.05) is 6.07 Å². The van der Waals surface area contributed by atoms with Gasteiger partial charge >= 0.3 is 5.97 Å². The molecule has 34 heavy (non-hydrogen) atoms. The first-order valence-electron chi connectivity index (χ1n) is 11.4. The van der Waals surface area contributed by atoms with E-state index in [4.69, 9.17) is 9.47 Å². The molecular weight excluding hydrogens is 460 g/mol. The Hall–Kier alpha value is -2.84. The van der Waals surface area contributed by atoms with Crippen LogP contribution in [0.4, 0.5) is 8.78 Å². The Kier molecular flexibility index (Phi) is 6.36. The lowest BCUT2D eigenvalue weighted by molar-refractivity contribution is -0.142. The third-order valence-electron chi connectivity index (χ3n) is 6.69. The number of ketones is 1. The Bertz CT molecular complexity index is 1180. The maximum atomic E-state index is 15.0. The van der Waals surface area contributed by atoms with E-state index in [9.17, 15) is 14.0 Å². The minimum atomic E-state index is -1.04. The molecule has 3 aliphatic rings. The van der Waals surface area contributed by atoms with Gasteiger partial charge in [0.1, 0.15) is 18.2 Å². The van der Waals surface area contributed by atoms with Crippen molar-refractivity contribution in [3.05, 3.63) is 80.3 Å². The van der Waals surface area contributed by atoms with Crippen LogP contribution >= 0.6 is 11.3 Å². The molecule has 0 saturated carbocycles. The van der Waals surface area contributed by atoms with Gasteiger partial charge < -0.3 is 14.8 Å². The minimum Gasteiger partial charge on any atom is -0.459 e. The van der Waals surface area contributed by atoms with E-state index in [1.54, 1.807) is 18.3 Å². The lowest BCUT2D eigenvalue weighted by Gasteiger charge is -2.36. The Morgan fingerprint density at radius 2 is 2.12 bits per heavy atom. The number of hydrogen-bond donors (Lipinski definition) is 1. The zero-order valence-electron chi connectivity index (χ0n) is 18.7. The molecule has 5 nitrogen and oxygen atoms in total. The summed E-state index contributed by atoms with van der Waals surface area (Å²) >= 11 is 1.59. The first-order chi connectivity index (χ1) is 16.4. The van der Waals surface area contributed by atoms with Gasteiger partial charge in [-0.2, -0.15) is 0 Å². The first-order valence-corrected chi connectivity index (χ1v) is 12.3. The number of Topliss-reactive ketones (excluding diaryl/α,β-unsaturated/α-hetero) is 1. The number of allylic oxidation sites excluding steroid dienone is 3. The summed E-state index contributed by atoms with van der Waals surface area (Å²) in [5, 5.41) is 5.20. The van der Waals surface area contributed by atoms with Crippen LogP contribution in [0.1, 0.15) is 54.9 Å². The first kappa shape index (κ1) is 22.9. The standard InChI is InChI=1S/C26H25F2NO4S/c1-14-23(26(31)33-13-17-4-2-8-32-17)24(18-12-16(27)6-7-19(18)28)25-20(29-14)10-15(11-21(25)30)22-5-3-9-34-22/h3,5-7,9,12,15,17,24,29H,2,4,8,10-11,13H2,1H3. The van der Waals surface area contributed by atoms with Crippen LogP contribution in [-0.4, -0.2) is 31.1 Å². The predicted octanol–water partition coefficient (Wildman–Crippen LogP) is 5.11. The third kappa shape index (κ3) is 4.32. The number of carbonyl (C=O) groups is 2. The second-order valence-electron chi connectivity index (χ2n) is 8.93. The molecule has 1 saturated heterocycles. The highest BCUT2D eigenvalue weighted by Crippen LogP contribution is 2.46. The zero-order chi connectivity index (χ0) is 23.8. The van der Waals surface area contributed by atoms with E-state index in [1.165, 1.54) is 0 Å². The van der Waals surface area contributed by atoms with Crippen LogP contribution in [0.15, 0.2) is 58.3 Å². The van der Waals surface area contributed by atoms with Crippen molar-refractivity contribution in [3.63, 3.8) is 0 Å². The van der Waals surface area contributed by atoms with Gasteiger partial charge in [-0.15, -0.1) is 11.3 Å². The number of hydrogen-bond acceptors (Lipinski definition) is 6. The normalized spacial score (nSPS) is 24.8. The van der Waals surface area contributed by atoms with Crippen LogP contribution in [0.25, 0.3) is 0 Å². The van der Waals surface area contributed by atoms with Gasteiger partial charge in [0.05, 0.1) is 17.6 Å². The van der Waals surface area contributed by atoms with Gasteiger partial charge in [-0.05, 0) is 55.8 Å². The van der Waals surface area contributed by atoms with Crippen molar-refractivity contribution in [2.75, 3.05) is 13.2 Å². The van der Waals surface area contributed by atoms with E-state index in [-0.39, 0.29) is 42.0 Å². The number of rotatable bonds is 5. The number of carbonyl (C=O) groups excluding carboxylic acids is 2. The summed E-state index contributed by atoms with van der Waals surface area (Å²) in [6.07, 6.45) is 2.31. The molecule has 3 atom stereocenters. The van der Waals surface area contributed by atoms with Crippen molar-refractivity contribution in [2.45, 2.75) is 50.5 Å². The summed E-state index contributed by atoms with van der Waals surface area (Å²) < 4.78 is 40.3. The number of dihydropyridines is 1. The molecule has 1 aromatic carbocycles. The molecule has 2 aromatic rings. The van der Waals surface area contributed by atoms with Crippen molar-refractivity contribution in [2.24, 2.45) is 0 Å². The highest BCUT2D eigenvalue weighted by atomic mass is 32.1. The summed E-state index contributed by atoms with van der Waals surface area (Å²) in [6, 6.07) is 7.06. The Labute approximate surface area is 200 Å². The van der Waals surface area contributed by atoms with Gasteiger partial charge in [0, 0.05) is 46.4 Å². The Morgan fingerprint density at radius 1 is 1.26 bits per heavy atom. The van der Waals surface area contributed by atoms with Crippen molar-refractivity contribution in [1.29, 1.82) is 0 Å². The van der Waals surface area contributed by atoms with Gasteiger partial charge in [-0.3, -0.25) is 4.79 Å². The quantitative estimate of drug-likeness (QED) is 0.597. The number of ether oxygens (including phenoxy) is 2. The molecule has 0 radical (unpaired) electrons. The van der Waals surface area contributed by atoms with Crippen LogP contribution in [0.2, 0.25) is 0 Å². The molecular formula is C26H25F2NO4S. The fraction of sp³-hybridized carbons (Fsp3) is 0.385. The Balaban J connectivity index is 1.54. The highest BCUT2D eigenvalue weighted by Gasteiger charge is 2.42.